The summed E-state index contributed by atoms with van der Waals surface area (Å²) in [6.45, 7) is 0.917. The van der Waals surface area contributed by atoms with E-state index in [2.05, 4.69) is 10.3 Å². The molecule has 1 aliphatic heterocycles. The second-order valence-corrected chi connectivity index (χ2v) is 7.12. The van der Waals surface area contributed by atoms with Crippen molar-refractivity contribution in [3.05, 3.63) is 71.9 Å². The van der Waals surface area contributed by atoms with Crippen LogP contribution >= 0.6 is 0 Å². The number of rotatable bonds is 6. The van der Waals surface area contributed by atoms with E-state index >= 15 is 0 Å². The van der Waals surface area contributed by atoms with Crippen LogP contribution in [0.2, 0.25) is 0 Å². The number of fused-ring (bicyclic) bond motifs is 1. The molecule has 2 aromatic carbocycles. The molecule has 1 aliphatic rings. The minimum atomic E-state index is -0.575. The summed E-state index contributed by atoms with van der Waals surface area (Å²) < 4.78 is 5.13. The zero-order chi connectivity index (χ0) is 20.9. The highest BCUT2D eigenvalue weighted by Gasteiger charge is 2.20. The molecule has 3 aromatic rings. The molecule has 1 fully saturated rings. The number of hydrogen-bond acceptors (Lipinski definition) is 5. The first-order chi connectivity index (χ1) is 14.6. The van der Waals surface area contributed by atoms with Gasteiger partial charge >= 0.3 is 5.97 Å². The predicted molar refractivity (Wildman–Crippen MR) is 112 cm³/mol. The van der Waals surface area contributed by atoms with Crippen LogP contribution in [-0.4, -0.2) is 40.8 Å². The minimum absolute atomic E-state index is 0.159. The van der Waals surface area contributed by atoms with Gasteiger partial charge in [0, 0.05) is 31.1 Å². The SMILES string of the molecule is O=C(COC(=O)c1ccc(CN2CCCC2=O)cc1)Nc1cccc2ncccc12. The molecule has 2 amide bonds. The van der Waals surface area contributed by atoms with Crippen LogP contribution in [0.5, 0.6) is 0 Å². The molecule has 30 heavy (non-hydrogen) atoms. The first-order valence-corrected chi connectivity index (χ1v) is 9.77. The van der Waals surface area contributed by atoms with Crippen molar-refractivity contribution in [1.82, 2.24) is 9.88 Å². The Morgan fingerprint density at radius 2 is 1.90 bits per heavy atom. The van der Waals surface area contributed by atoms with Crippen molar-refractivity contribution in [2.24, 2.45) is 0 Å². The van der Waals surface area contributed by atoms with Crippen LogP contribution in [0.4, 0.5) is 5.69 Å². The van der Waals surface area contributed by atoms with E-state index in [1.807, 2.05) is 12.1 Å². The van der Waals surface area contributed by atoms with Crippen LogP contribution in [0.1, 0.15) is 28.8 Å². The Hall–Kier alpha value is -3.74. The number of carbonyl (C=O) groups is 3. The summed E-state index contributed by atoms with van der Waals surface area (Å²) in [4.78, 5) is 42.2. The van der Waals surface area contributed by atoms with E-state index in [9.17, 15) is 14.4 Å². The normalized spacial score (nSPS) is 13.5. The standard InChI is InChI=1S/C23H21N3O4/c27-21(25-20-6-1-5-19-18(20)4-2-12-24-19)15-30-23(29)17-10-8-16(9-11-17)14-26-13-3-7-22(26)28/h1-2,4-6,8-12H,3,7,13-15H2,(H,25,27). The van der Waals surface area contributed by atoms with Gasteiger partial charge < -0.3 is 15.0 Å². The maximum absolute atomic E-state index is 12.2. The van der Waals surface area contributed by atoms with Crippen molar-refractivity contribution in [2.45, 2.75) is 19.4 Å². The fourth-order valence-electron chi connectivity index (χ4n) is 3.45. The third-order valence-corrected chi connectivity index (χ3v) is 4.99. The number of nitrogens with one attached hydrogen (secondary N) is 1. The highest BCUT2D eigenvalue weighted by molar-refractivity contribution is 6.02. The van der Waals surface area contributed by atoms with Gasteiger partial charge in [-0.2, -0.15) is 0 Å². The third-order valence-electron chi connectivity index (χ3n) is 4.99. The number of likely N-dealkylation sites (tertiary alicyclic amines) is 1. The number of pyridine rings is 1. The summed E-state index contributed by atoms with van der Waals surface area (Å²) in [7, 11) is 0. The number of nitrogens with zero attached hydrogens (tertiary/aromatic N) is 2. The largest absolute Gasteiger partial charge is 0.452 e. The maximum Gasteiger partial charge on any atom is 0.338 e. The Kier molecular flexibility index (Phi) is 5.70. The van der Waals surface area contributed by atoms with Crippen LogP contribution in [-0.2, 0) is 20.9 Å². The molecule has 0 bridgehead atoms. The van der Waals surface area contributed by atoms with Crippen LogP contribution in [0, 0.1) is 0 Å². The maximum atomic E-state index is 12.2. The molecular formula is C23H21N3O4. The number of hydrogen-bond donors (Lipinski definition) is 1. The molecule has 7 nitrogen and oxygen atoms in total. The molecule has 0 radical (unpaired) electrons. The van der Waals surface area contributed by atoms with E-state index in [4.69, 9.17) is 4.74 Å². The van der Waals surface area contributed by atoms with Gasteiger partial charge in [0.15, 0.2) is 6.61 Å². The third kappa shape index (κ3) is 4.46. The van der Waals surface area contributed by atoms with Crippen LogP contribution < -0.4 is 5.32 Å². The summed E-state index contributed by atoms with van der Waals surface area (Å²) in [5.74, 6) is -0.844. The highest BCUT2D eigenvalue weighted by Crippen LogP contribution is 2.21. The second kappa shape index (κ2) is 8.73. The number of aromatic nitrogens is 1. The van der Waals surface area contributed by atoms with Crippen LogP contribution in [0.3, 0.4) is 0 Å². The molecule has 0 aliphatic carbocycles. The summed E-state index contributed by atoms with van der Waals surface area (Å²) in [6.07, 6.45) is 3.17. The van der Waals surface area contributed by atoms with Gasteiger partial charge in [0.2, 0.25) is 5.91 Å². The quantitative estimate of drug-likeness (QED) is 0.639. The van der Waals surface area contributed by atoms with Crippen molar-refractivity contribution < 1.29 is 19.1 Å². The monoisotopic (exact) mass is 403 g/mol. The minimum Gasteiger partial charge on any atom is -0.452 e. The van der Waals surface area contributed by atoms with E-state index in [1.165, 1.54) is 0 Å². The zero-order valence-electron chi connectivity index (χ0n) is 16.3. The highest BCUT2D eigenvalue weighted by atomic mass is 16.5. The van der Waals surface area contributed by atoms with Gasteiger partial charge in [-0.3, -0.25) is 14.6 Å². The molecule has 1 N–H and O–H groups in total. The number of ether oxygens (including phenoxy) is 1. The predicted octanol–water partition coefficient (Wildman–Crippen LogP) is 3.15. The van der Waals surface area contributed by atoms with Gasteiger partial charge in [-0.1, -0.05) is 18.2 Å². The summed E-state index contributed by atoms with van der Waals surface area (Å²) in [5, 5.41) is 3.56. The average Bonchev–Trinajstić information content (AvgIpc) is 3.17. The first kappa shape index (κ1) is 19.6. The number of esters is 1. The molecule has 0 atom stereocenters. The van der Waals surface area contributed by atoms with Crippen molar-refractivity contribution in [2.75, 3.05) is 18.5 Å². The molecule has 4 rings (SSSR count). The molecule has 0 unspecified atom stereocenters. The summed E-state index contributed by atoms with van der Waals surface area (Å²) in [6, 6.07) is 16.0. The Bertz CT molecular complexity index is 1090. The Morgan fingerprint density at radius 3 is 2.67 bits per heavy atom. The van der Waals surface area contributed by atoms with Gasteiger partial charge in [-0.25, -0.2) is 4.79 Å². The lowest BCUT2D eigenvalue weighted by atomic mass is 10.1. The topological polar surface area (TPSA) is 88.6 Å². The fourth-order valence-corrected chi connectivity index (χ4v) is 3.45. The van der Waals surface area contributed by atoms with Crippen LogP contribution in [0.15, 0.2) is 60.8 Å². The van der Waals surface area contributed by atoms with Gasteiger partial charge in [0.25, 0.3) is 5.91 Å². The van der Waals surface area contributed by atoms with Crippen molar-refractivity contribution >= 4 is 34.4 Å². The zero-order valence-corrected chi connectivity index (χ0v) is 16.3. The number of benzene rings is 2. The van der Waals surface area contributed by atoms with Gasteiger partial charge in [-0.05, 0) is 48.4 Å². The molecule has 1 aromatic heterocycles. The smallest absolute Gasteiger partial charge is 0.338 e. The van der Waals surface area contributed by atoms with E-state index in [0.29, 0.717) is 24.2 Å². The van der Waals surface area contributed by atoms with E-state index in [-0.39, 0.29) is 12.5 Å². The molecule has 7 heteroatoms. The van der Waals surface area contributed by atoms with Gasteiger partial charge in [0.1, 0.15) is 0 Å². The van der Waals surface area contributed by atoms with Crippen molar-refractivity contribution in [1.29, 1.82) is 0 Å². The molecular weight excluding hydrogens is 382 g/mol. The van der Waals surface area contributed by atoms with Gasteiger partial charge in [0.05, 0.1) is 16.8 Å². The van der Waals surface area contributed by atoms with Gasteiger partial charge in [-0.15, -0.1) is 0 Å². The van der Waals surface area contributed by atoms with Crippen molar-refractivity contribution in [3.63, 3.8) is 0 Å². The molecule has 152 valence electrons. The van der Waals surface area contributed by atoms with Crippen LogP contribution in [0.25, 0.3) is 10.9 Å². The van der Waals surface area contributed by atoms with E-state index < -0.39 is 11.9 Å². The summed E-state index contributed by atoms with van der Waals surface area (Å²) >= 11 is 0. The molecule has 0 saturated carbocycles. The second-order valence-electron chi connectivity index (χ2n) is 7.12. The van der Waals surface area contributed by atoms with Crippen molar-refractivity contribution in [3.8, 4) is 0 Å². The fraction of sp³-hybridized carbons (Fsp3) is 0.217. The lowest BCUT2D eigenvalue weighted by Gasteiger charge is -2.15. The lowest BCUT2D eigenvalue weighted by Crippen LogP contribution is -2.23. The Balaban J connectivity index is 1.31. The first-order valence-electron chi connectivity index (χ1n) is 9.77. The van der Waals surface area contributed by atoms with E-state index in [1.54, 1.807) is 53.6 Å². The Labute approximate surface area is 173 Å². The number of carbonyl (C=O) groups excluding carboxylic acids is 3. The average molecular weight is 403 g/mol. The number of amides is 2. The Morgan fingerprint density at radius 1 is 1.07 bits per heavy atom. The molecule has 1 saturated heterocycles. The molecule has 2 heterocycles. The van der Waals surface area contributed by atoms with E-state index in [0.717, 1.165) is 29.4 Å². The number of anilines is 1. The summed E-state index contributed by atoms with van der Waals surface area (Å²) in [5.41, 5.74) is 2.68. The molecule has 0 spiro atoms. The lowest BCUT2D eigenvalue weighted by molar-refractivity contribution is -0.128.